The Kier molecular flexibility index (Phi) is 9.32. The minimum atomic E-state index is -0.687. The molecule has 4 N–H and O–H groups in total. The van der Waals surface area contributed by atoms with Crippen molar-refractivity contribution >= 4 is 24.2 Å². The number of aliphatic hydroxyl groups excluding tert-OH is 1. The lowest BCUT2D eigenvalue weighted by molar-refractivity contribution is -0.123. The number of carbonyl (C=O) groups excluding carboxylic acids is 2. The molecule has 0 saturated carbocycles. The van der Waals surface area contributed by atoms with Crippen molar-refractivity contribution in [2.75, 3.05) is 53.4 Å². The van der Waals surface area contributed by atoms with Crippen molar-refractivity contribution in [3.05, 3.63) is 47.3 Å². The van der Waals surface area contributed by atoms with Gasteiger partial charge in [0.1, 0.15) is 11.5 Å². The number of aliphatic hydroxyl groups is 1. The van der Waals surface area contributed by atoms with Crippen LogP contribution in [0.4, 0.5) is 0 Å². The van der Waals surface area contributed by atoms with Crippen LogP contribution >= 0.6 is 0 Å². The molecular formula is C24H35N7O3. The summed E-state index contributed by atoms with van der Waals surface area (Å²) in [4.78, 5) is 36.3. The Bertz CT molecular complexity index is 940. The summed E-state index contributed by atoms with van der Waals surface area (Å²) in [5, 5.41) is 19.0. The highest BCUT2D eigenvalue weighted by Gasteiger charge is 2.28. The zero-order valence-electron chi connectivity index (χ0n) is 20.0. The Morgan fingerprint density at radius 2 is 2.00 bits per heavy atom. The van der Waals surface area contributed by atoms with E-state index in [1.54, 1.807) is 7.05 Å². The first kappa shape index (κ1) is 25.5. The molecule has 3 rings (SSSR count). The van der Waals surface area contributed by atoms with Crippen LogP contribution in [0.1, 0.15) is 11.1 Å². The Balaban J connectivity index is 1.43. The second kappa shape index (κ2) is 12.4. The number of amides is 2. The van der Waals surface area contributed by atoms with Crippen LogP contribution in [0.5, 0.6) is 0 Å². The highest BCUT2D eigenvalue weighted by molar-refractivity contribution is 6.43. The highest BCUT2D eigenvalue weighted by Crippen LogP contribution is 2.18. The van der Waals surface area contributed by atoms with E-state index in [2.05, 4.69) is 55.8 Å². The van der Waals surface area contributed by atoms with Crippen LogP contribution in [-0.2, 0) is 22.6 Å². The standard InChI is InChI=1S/C24H35N7O3/c1-25-21(10-22(26-2)29-19-13-31(14-19)16-23(33)27-3)24(34)28-11-20(32)15-30-9-8-17-6-4-5-7-18(17)12-30/h4-7,10,19-20,29,32H,2,8-9,11-16H2,1,3H3,(H,27,33)(H,28,34)/b22-10+,25-21+/t20-/m0/s1. The van der Waals surface area contributed by atoms with Gasteiger partial charge in [0, 0.05) is 59.4 Å². The van der Waals surface area contributed by atoms with Crippen LogP contribution in [0.15, 0.2) is 46.1 Å². The minimum absolute atomic E-state index is 0.0274. The number of fused-ring (bicyclic) bond motifs is 1. The van der Waals surface area contributed by atoms with Crippen LogP contribution in [0.2, 0.25) is 0 Å². The van der Waals surface area contributed by atoms with Gasteiger partial charge in [0.25, 0.3) is 5.91 Å². The summed E-state index contributed by atoms with van der Waals surface area (Å²) in [6.07, 6.45) is 1.81. The van der Waals surface area contributed by atoms with E-state index in [4.69, 9.17) is 0 Å². The van der Waals surface area contributed by atoms with Gasteiger partial charge in [-0.25, -0.2) is 4.99 Å². The van der Waals surface area contributed by atoms with Gasteiger partial charge in [-0.3, -0.25) is 24.4 Å². The van der Waals surface area contributed by atoms with Crippen molar-refractivity contribution < 1.29 is 14.7 Å². The molecule has 1 aromatic carbocycles. The molecular weight excluding hydrogens is 434 g/mol. The zero-order valence-corrected chi connectivity index (χ0v) is 20.0. The maximum atomic E-state index is 12.6. The Hall–Kier alpha value is -3.08. The second-order valence-electron chi connectivity index (χ2n) is 8.62. The molecule has 0 unspecified atom stereocenters. The number of β-amino-alcohol motifs (C(OH)–C–C–N with tert-alkyl or cyclic N) is 1. The number of hydrogen-bond donors (Lipinski definition) is 4. The molecule has 1 saturated heterocycles. The maximum absolute atomic E-state index is 12.6. The van der Waals surface area contributed by atoms with Gasteiger partial charge in [0.05, 0.1) is 18.7 Å². The number of likely N-dealkylation sites (N-methyl/N-ethyl adjacent to an activating group) is 1. The predicted octanol–water partition coefficient (Wildman–Crippen LogP) is -0.846. The monoisotopic (exact) mass is 469 g/mol. The van der Waals surface area contributed by atoms with Gasteiger partial charge in [-0.05, 0) is 24.3 Å². The molecule has 1 fully saturated rings. The average molecular weight is 470 g/mol. The van der Waals surface area contributed by atoms with Crippen LogP contribution in [0.3, 0.4) is 0 Å². The van der Waals surface area contributed by atoms with Gasteiger partial charge >= 0.3 is 0 Å². The Labute approximate surface area is 200 Å². The molecule has 0 spiro atoms. The summed E-state index contributed by atoms with van der Waals surface area (Å²) >= 11 is 0. The topological polar surface area (TPSA) is 122 Å². The molecule has 34 heavy (non-hydrogen) atoms. The van der Waals surface area contributed by atoms with Gasteiger partial charge in [0.15, 0.2) is 0 Å². The first-order valence-electron chi connectivity index (χ1n) is 11.5. The fourth-order valence-corrected chi connectivity index (χ4v) is 4.15. The number of likely N-dealkylation sites (tertiary alicyclic amines) is 1. The van der Waals surface area contributed by atoms with E-state index < -0.39 is 6.10 Å². The van der Waals surface area contributed by atoms with Gasteiger partial charge in [-0.1, -0.05) is 24.3 Å². The molecule has 1 aromatic rings. The van der Waals surface area contributed by atoms with Crippen LogP contribution < -0.4 is 16.0 Å². The second-order valence-corrected chi connectivity index (χ2v) is 8.62. The normalized spacial score (nSPS) is 18.4. The van der Waals surface area contributed by atoms with E-state index in [0.717, 1.165) is 19.5 Å². The largest absolute Gasteiger partial charge is 0.390 e. The van der Waals surface area contributed by atoms with Crippen LogP contribution in [0.25, 0.3) is 0 Å². The fraction of sp³-hybridized carbons (Fsp3) is 0.500. The van der Waals surface area contributed by atoms with Crippen molar-refractivity contribution in [1.82, 2.24) is 25.8 Å². The molecule has 0 bridgehead atoms. The summed E-state index contributed by atoms with van der Waals surface area (Å²) in [7, 11) is 3.14. The number of rotatable bonds is 11. The number of aliphatic imine (C=N–C) groups is 2. The summed E-state index contributed by atoms with van der Waals surface area (Å²) in [5.74, 6) is 0.0247. The summed E-state index contributed by atoms with van der Waals surface area (Å²) in [5.41, 5.74) is 2.84. The summed E-state index contributed by atoms with van der Waals surface area (Å²) < 4.78 is 0. The summed E-state index contributed by atoms with van der Waals surface area (Å²) in [6, 6.07) is 8.46. The van der Waals surface area contributed by atoms with Crippen molar-refractivity contribution in [2.24, 2.45) is 9.98 Å². The zero-order chi connectivity index (χ0) is 24.5. The molecule has 2 aliphatic rings. The molecule has 1 atom stereocenters. The quantitative estimate of drug-likeness (QED) is 0.314. The first-order chi connectivity index (χ1) is 16.4. The van der Waals surface area contributed by atoms with Crippen molar-refractivity contribution in [3.63, 3.8) is 0 Å². The average Bonchev–Trinajstić information content (AvgIpc) is 2.83. The molecule has 184 valence electrons. The third-order valence-electron chi connectivity index (χ3n) is 6.05. The van der Waals surface area contributed by atoms with Crippen molar-refractivity contribution in [2.45, 2.75) is 25.1 Å². The fourth-order valence-electron chi connectivity index (χ4n) is 4.15. The van der Waals surface area contributed by atoms with Gasteiger partial charge in [-0.15, -0.1) is 0 Å². The van der Waals surface area contributed by atoms with Crippen LogP contribution in [-0.4, -0.2) is 105 Å². The predicted molar refractivity (Wildman–Crippen MR) is 133 cm³/mol. The molecule has 10 heteroatoms. The molecule has 2 amide bonds. The molecule has 2 heterocycles. The van der Waals surface area contributed by atoms with E-state index in [1.165, 1.54) is 24.3 Å². The van der Waals surface area contributed by atoms with Gasteiger partial charge in [0.2, 0.25) is 5.91 Å². The molecule has 0 aliphatic carbocycles. The third kappa shape index (κ3) is 7.21. The minimum Gasteiger partial charge on any atom is -0.390 e. The van der Waals surface area contributed by atoms with E-state index in [-0.39, 0.29) is 30.1 Å². The maximum Gasteiger partial charge on any atom is 0.269 e. The van der Waals surface area contributed by atoms with E-state index in [0.29, 0.717) is 32.0 Å². The molecule has 0 radical (unpaired) electrons. The number of carbonyl (C=O) groups is 2. The van der Waals surface area contributed by atoms with E-state index in [9.17, 15) is 14.7 Å². The lowest BCUT2D eigenvalue weighted by atomic mass is 10.00. The SMILES string of the molecule is C=N/C(=C\C(=N/C)C(=O)NC[C@H](O)CN1CCc2ccccc2C1)NC1CN(CC(=O)NC)C1. The lowest BCUT2D eigenvalue weighted by Gasteiger charge is -2.39. The van der Waals surface area contributed by atoms with E-state index in [1.807, 2.05) is 11.0 Å². The third-order valence-corrected chi connectivity index (χ3v) is 6.05. The smallest absolute Gasteiger partial charge is 0.269 e. The first-order valence-corrected chi connectivity index (χ1v) is 11.5. The number of nitrogens with one attached hydrogen (secondary N) is 3. The van der Waals surface area contributed by atoms with Crippen molar-refractivity contribution in [3.8, 4) is 0 Å². The van der Waals surface area contributed by atoms with Gasteiger partial charge < -0.3 is 21.1 Å². The number of nitrogens with zero attached hydrogens (tertiary/aromatic N) is 4. The van der Waals surface area contributed by atoms with Crippen molar-refractivity contribution in [1.29, 1.82) is 0 Å². The Morgan fingerprint density at radius 3 is 2.68 bits per heavy atom. The number of benzene rings is 1. The van der Waals surface area contributed by atoms with E-state index >= 15 is 0 Å². The summed E-state index contributed by atoms with van der Waals surface area (Å²) in [6.45, 7) is 7.60. The molecule has 2 aliphatic heterocycles. The highest BCUT2D eigenvalue weighted by atomic mass is 16.3. The lowest BCUT2D eigenvalue weighted by Crippen LogP contribution is -2.59. The Morgan fingerprint density at radius 1 is 1.26 bits per heavy atom. The number of hydrogen-bond acceptors (Lipinski definition) is 8. The molecule has 0 aromatic heterocycles. The van der Waals surface area contributed by atoms with Crippen LogP contribution in [0, 0.1) is 0 Å². The van der Waals surface area contributed by atoms with Gasteiger partial charge in [-0.2, -0.15) is 0 Å². The molecule has 10 nitrogen and oxygen atoms in total.